The van der Waals surface area contributed by atoms with E-state index in [1.165, 1.54) is 0 Å². The Morgan fingerprint density at radius 3 is 1.50 bits per heavy atom. The number of phenolic OH excluding ortho intramolecular Hbond substituents is 2. The molecule has 0 radical (unpaired) electrons. The van der Waals surface area contributed by atoms with E-state index in [4.69, 9.17) is 25.5 Å². The average molecular weight is 558 g/mol. The Bertz CT molecular complexity index is 865. The smallest absolute Gasteiger partial charge is 0.430 e. The van der Waals surface area contributed by atoms with Crippen molar-refractivity contribution in [3.05, 3.63) is 23.8 Å². The highest BCUT2D eigenvalue weighted by molar-refractivity contribution is 5.44. The molecule has 0 saturated heterocycles. The van der Waals surface area contributed by atoms with Gasteiger partial charge in [0.05, 0.1) is 12.2 Å². The molecule has 18 heteroatoms. The summed E-state index contributed by atoms with van der Waals surface area (Å²) in [6.45, 7) is 0. The number of benzene rings is 1. The highest BCUT2D eigenvalue weighted by Crippen LogP contribution is 2.53. The van der Waals surface area contributed by atoms with Gasteiger partial charge in [0.25, 0.3) is 11.2 Å². The van der Waals surface area contributed by atoms with Crippen LogP contribution in [0.1, 0.15) is 24.8 Å². The van der Waals surface area contributed by atoms with Gasteiger partial charge in [0.1, 0.15) is 11.5 Å². The molecule has 6 N–H and O–H groups in total. The monoisotopic (exact) mass is 558 g/mol. The van der Waals surface area contributed by atoms with Crippen LogP contribution in [0.2, 0.25) is 0 Å². The normalized spacial score (nSPS) is 22.6. The third-order valence-electron chi connectivity index (χ3n) is 5.38. The molecule has 1 saturated carbocycles. The number of alkyl halides is 12. The number of phenols is 2. The molecule has 0 heterocycles. The van der Waals surface area contributed by atoms with E-state index in [-0.39, 0.29) is 12.5 Å². The van der Waals surface area contributed by atoms with Gasteiger partial charge >= 0.3 is 24.7 Å². The number of aromatic hydroxyl groups is 2. The van der Waals surface area contributed by atoms with Gasteiger partial charge in [-0.05, 0) is 37.5 Å². The molecule has 3 unspecified atom stereocenters. The van der Waals surface area contributed by atoms with E-state index in [2.05, 4.69) is 0 Å². The molecular weight excluding hydrogens is 540 g/mol. The maximum absolute atomic E-state index is 12.5. The van der Waals surface area contributed by atoms with Crippen LogP contribution in [0.25, 0.3) is 0 Å². The molecule has 1 aromatic carbocycles. The van der Waals surface area contributed by atoms with Crippen molar-refractivity contribution >= 4 is 0 Å². The first-order chi connectivity index (χ1) is 15.8. The fourth-order valence-electron chi connectivity index (χ4n) is 3.44. The van der Waals surface area contributed by atoms with Gasteiger partial charge in [-0.3, -0.25) is 0 Å². The second kappa shape index (κ2) is 9.94. The highest BCUT2D eigenvalue weighted by atomic mass is 19.4. The van der Waals surface area contributed by atoms with Crippen LogP contribution in [0, 0.1) is 5.92 Å². The van der Waals surface area contributed by atoms with E-state index in [0.29, 0.717) is 12.1 Å². The first-order valence-corrected chi connectivity index (χ1v) is 9.42. The summed E-state index contributed by atoms with van der Waals surface area (Å²) in [4.78, 5) is 0. The van der Waals surface area contributed by atoms with Crippen molar-refractivity contribution in [3.63, 3.8) is 0 Å². The Hall–Kier alpha value is -2.18. The van der Waals surface area contributed by atoms with E-state index in [1.807, 2.05) is 0 Å². The van der Waals surface area contributed by atoms with E-state index in [1.54, 1.807) is 0 Å². The molecule has 1 aliphatic rings. The maximum Gasteiger partial charge on any atom is 0.430 e. The number of rotatable bonds is 2. The molecule has 6 nitrogen and oxygen atoms in total. The fraction of sp³-hybridized carbons (Fsp3) is 0.667. The SMILES string of the molecule is OC1CCC(O)C(C(O)(C(F)(F)F)C(F)(F)F)C1.Oc1ccc(O)c(C(O)(C(F)(F)F)C(F)(F)F)c1. The first kappa shape index (κ1) is 31.8. The molecule has 210 valence electrons. The number of aliphatic hydroxyl groups is 4. The summed E-state index contributed by atoms with van der Waals surface area (Å²) in [5.74, 6) is -4.93. The minimum Gasteiger partial charge on any atom is -0.508 e. The lowest BCUT2D eigenvalue weighted by molar-refractivity contribution is -0.394. The summed E-state index contributed by atoms with van der Waals surface area (Å²) in [5.41, 5.74) is -12.2. The lowest BCUT2D eigenvalue weighted by Gasteiger charge is -2.43. The first-order valence-electron chi connectivity index (χ1n) is 9.42. The lowest BCUT2D eigenvalue weighted by Crippen LogP contribution is -2.65. The van der Waals surface area contributed by atoms with Gasteiger partial charge in [-0.2, -0.15) is 52.7 Å². The van der Waals surface area contributed by atoms with Crippen molar-refractivity contribution in [1.82, 2.24) is 0 Å². The van der Waals surface area contributed by atoms with E-state index in [0.717, 1.165) is 0 Å². The Morgan fingerprint density at radius 1 is 0.667 bits per heavy atom. The lowest BCUT2D eigenvalue weighted by atomic mass is 9.73. The van der Waals surface area contributed by atoms with Crippen molar-refractivity contribution < 1.29 is 83.3 Å². The predicted octanol–water partition coefficient (Wildman–Crippen LogP) is 3.77. The van der Waals surface area contributed by atoms with Crippen molar-refractivity contribution in [1.29, 1.82) is 0 Å². The van der Waals surface area contributed by atoms with Crippen LogP contribution < -0.4 is 0 Å². The standard InChI is InChI=1S/C9H12F6O3.C9H6F6O3/c2*10-8(11,12)7(18,9(13,14)15)5-3-4(16)1-2-6(5)17/h4-6,16-18H,1-3H2;1-3,16-18H. The van der Waals surface area contributed by atoms with Gasteiger partial charge in [0.2, 0.25) is 0 Å². The molecule has 1 aromatic rings. The number of halogens is 12. The Balaban J connectivity index is 0.000000360. The quantitative estimate of drug-likeness (QED) is 0.243. The van der Waals surface area contributed by atoms with Crippen LogP contribution in [-0.2, 0) is 5.60 Å². The van der Waals surface area contributed by atoms with Crippen LogP contribution in [0.5, 0.6) is 11.5 Å². The molecule has 3 atom stereocenters. The minimum absolute atomic E-state index is 0.00366. The van der Waals surface area contributed by atoms with Crippen molar-refractivity contribution in [3.8, 4) is 11.5 Å². The third-order valence-corrected chi connectivity index (χ3v) is 5.38. The third kappa shape index (κ3) is 5.86. The number of aliphatic hydroxyl groups excluding tert-OH is 2. The second-order valence-corrected chi connectivity index (χ2v) is 7.81. The second-order valence-electron chi connectivity index (χ2n) is 7.81. The van der Waals surface area contributed by atoms with E-state index in [9.17, 15) is 57.8 Å². The molecule has 2 rings (SSSR count). The summed E-state index contributed by atoms with van der Waals surface area (Å²) in [6, 6.07) is 1.08. The summed E-state index contributed by atoms with van der Waals surface area (Å²) in [6.07, 6.45) is -29.1. The Kier molecular flexibility index (Phi) is 8.79. The van der Waals surface area contributed by atoms with Crippen LogP contribution >= 0.6 is 0 Å². The fourth-order valence-corrected chi connectivity index (χ4v) is 3.44. The zero-order valence-corrected chi connectivity index (χ0v) is 17.3. The van der Waals surface area contributed by atoms with Crippen LogP contribution in [-0.4, -0.2) is 73.2 Å². The largest absolute Gasteiger partial charge is 0.508 e. The summed E-state index contributed by atoms with van der Waals surface area (Å²) >= 11 is 0. The van der Waals surface area contributed by atoms with Gasteiger partial charge in [0, 0.05) is 11.5 Å². The van der Waals surface area contributed by atoms with Crippen molar-refractivity contribution in [2.24, 2.45) is 5.92 Å². The molecule has 0 aromatic heterocycles. The number of hydrogen-bond donors (Lipinski definition) is 6. The van der Waals surface area contributed by atoms with E-state index < -0.39 is 83.9 Å². The molecule has 1 aliphatic carbocycles. The van der Waals surface area contributed by atoms with Crippen molar-refractivity contribution in [2.75, 3.05) is 0 Å². The molecule has 0 aliphatic heterocycles. The van der Waals surface area contributed by atoms with Gasteiger partial charge in [-0.25, -0.2) is 0 Å². The molecule has 36 heavy (non-hydrogen) atoms. The maximum atomic E-state index is 12.5. The molecule has 0 amide bonds. The van der Waals surface area contributed by atoms with E-state index >= 15 is 0 Å². The predicted molar refractivity (Wildman–Crippen MR) is 92.2 cm³/mol. The summed E-state index contributed by atoms with van der Waals surface area (Å²) in [7, 11) is 0. The minimum atomic E-state index is -6.11. The van der Waals surface area contributed by atoms with Crippen molar-refractivity contribution in [2.45, 2.75) is 67.4 Å². The average Bonchev–Trinajstić information content (AvgIpc) is 2.67. The zero-order valence-electron chi connectivity index (χ0n) is 17.3. The Labute approximate surface area is 193 Å². The van der Waals surface area contributed by atoms with Crippen LogP contribution in [0.4, 0.5) is 52.7 Å². The topological polar surface area (TPSA) is 121 Å². The Morgan fingerprint density at radius 2 is 1.11 bits per heavy atom. The van der Waals surface area contributed by atoms with Crippen LogP contribution in [0.3, 0.4) is 0 Å². The zero-order chi connectivity index (χ0) is 28.7. The molecule has 0 spiro atoms. The number of hydrogen-bond acceptors (Lipinski definition) is 6. The van der Waals surface area contributed by atoms with Gasteiger partial charge in [0.15, 0.2) is 0 Å². The molecule has 1 fully saturated rings. The summed E-state index contributed by atoms with van der Waals surface area (Å²) < 4.78 is 150. The van der Waals surface area contributed by atoms with Crippen LogP contribution in [0.15, 0.2) is 18.2 Å². The van der Waals surface area contributed by atoms with Gasteiger partial charge in [-0.1, -0.05) is 0 Å². The van der Waals surface area contributed by atoms with Gasteiger partial charge < -0.3 is 30.6 Å². The summed E-state index contributed by atoms with van der Waals surface area (Å²) in [5, 5.41) is 54.3. The molecular formula is C18H18F12O6. The van der Waals surface area contributed by atoms with Gasteiger partial charge in [-0.15, -0.1) is 0 Å². The highest BCUT2D eigenvalue weighted by Gasteiger charge is 2.75. The molecule has 0 bridgehead atoms.